The maximum atomic E-state index is 5.45. The first-order valence-corrected chi connectivity index (χ1v) is 18.0. The molecule has 0 atom stereocenters. The Morgan fingerprint density at radius 3 is 1.43 bits per heavy atom. The van der Waals surface area contributed by atoms with Crippen LogP contribution in [0.2, 0.25) is 0 Å². The summed E-state index contributed by atoms with van der Waals surface area (Å²) >= 11 is 0. The predicted molar refractivity (Wildman–Crippen MR) is 221 cm³/mol. The largest absolute Gasteiger partial charge is 0.292 e. The molecule has 2 heterocycles. The van der Waals surface area contributed by atoms with Crippen molar-refractivity contribution in [3.63, 3.8) is 0 Å². The fourth-order valence-corrected chi connectivity index (χ4v) is 7.62. The van der Waals surface area contributed by atoms with Crippen molar-refractivity contribution in [2.24, 2.45) is 0 Å². The van der Waals surface area contributed by atoms with Gasteiger partial charge in [-0.3, -0.25) is 4.57 Å². The summed E-state index contributed by atoms with van der Waals surface area (Å²) in [5.41, 5.74) is 14.2. The average molecular weight is 676 g/mol. The van der Waals surface area contributed by atoms with Gasteiger partial charge in [-0.25, -0.2) is 9.97 Å². The van der Waals surface area contributed by atoms with Crippen molar-refractivity contribution in [1.82, 2.24) is 14.5 Å². The van der Waals surface area contributed by atoms with Crippen LogP contribution in [0.3, 0.4) is 0 Å². The SMILES string of the molecule is c1ccc(-c2cc(-c3ccccc3)cc(-c3ccc(-c4nc5ccccc5c5ccc6c(nc(-c7ccccc7)n6-c6ccccc6)c45)cc3)c2)cc1. The van der Waals surface area contributed by atoms with E-state index >= 15 is 0 Å². The van der Waals surface area contributed by atoms with Crippen LogP contribution in [0.5, 0.6) is 0 Å². The van der Waals surface area contributed by atoms with Crippen molar-refractivity contribution in [2.75, 3.05) is 0 Å². The van der Waals surface area contributed by atoms with E-state index in [1.165, 1.54) is 27.8 Å². The van der Waals surface area contributed by atoms with Gasteiger partial charge in [-0.05, 0) is 81.2 Å². The van der Waals surface area contributed by atoms with Gasteiger partial charge < -0.3 is 0 Å². The molecule has 0 amide bonds. The van der Waals surface area contributed by atoms with E-state index in [0.29, 0.717) is 0 Å². The van der Waals surface area contributed by atoms with E-state index in [0.717, 1.165) is 66.6 Å². The van der Waals surface area contributed by atoms with Gasteiger partial charge in [0, 0.05) is 27.6 Å². The summed E-state index contributed by atoms with van der Waals surface area (Å²) in [6.07, 6.45) is 0. The number of rotatable bonds is 6. The van der Waals surface area contributed by atoms with Crippen LogP contribution in [0.1, 0.15) is 0 Å². The van der Waals surface area contributed by atoms with E-state index < -0.39 is 0 Å². The second kappa shape index (κ2) is 12.9. The van der Waals surface area contributed by atoms with Crippen molar-refractivity contribution in [2.45, 2.75) is 0 Å². The molecule has 0 spiro atoms. The maximum Gasteiger partial charge on any atom is 0.145 e. The van der Waals surface area contributed by atoms with E-state index in [2.05, 4.69) is 199 Å². The lowest BCUT2D eigenvalue weighted by Crippen LogP contribution is -1.97. The van der Waals surface area contributed by atoms with Gasteiger partial charge in [-0.2, -0.15) is 0 Å². The number of hydrogen-bond acceptors (Lipinski definition) is 2. The zero-order valence-corrected chi connectivity index (χ0v) is 28.9. The molecule has 0 saturated carbocycles. The fourth-order valence-electron chi connectivity index (χ4n) is 7.62. The van der Waals surface area contributed by atoms with Gasteiger partial charge in [0.15, 0.2) is 0 Å². The summed E-state index contributed by atoms with van der Waals surface area (Å²) in [4.78, 5) is 10.8. The van der Waals surface area contributed by atoms with Gasteiger partial charge in [0.2, 0.25) is 0 Å². The summed E-state index contributed by atoms with van der Waals surface area (Å²) in [6.45, 7) is 0. The predicted octanol–water partition coefficient (Wildman–Crippen LogP) is 13.1. The highest BCUT2D eigenvalue weighted by atomic mass is 15.1. The van der Waals surface area contributed by atoms with Gasteiger partial charge in [-0.15, -0.1) is 0 Å². The number of para-hydroxylation sites is 2. The molecule has 0 aliphatic carbocycles. The van der Waals surface area contributed by atoms with E-state index in [1.54, 1.807) is 0 Å². The molecule has 10 aromatic rings. The third-order valence-corrected chi connectivity index (χ3v) is 10.2. The first-order chi connectivity index (χ1) is 26.3. The molecule has 10 rings (SSSR count). The highest BCUT2D eigenvalue weighted by Gasteiger charge is 2.21. The van der Waals surface area contributed by atoms with E-state index in [4.69, 9.17) is 9.97 Å². The molecular formula is C50H33N3. The molecule has 0 radical (unpaired) electrons. The van der Waals surface area contributed by atoms with Gasteiger partial charge in [0.05, 0.1) is 22.2 Å². The van der Waals surface area contributed by atoms with Crippen LogP contribution < -0.4 is 0 Å². The van der Waals surface area contributed by atoms with E-state index in [1.807, 2.05) is 6.07 Å². The van der Waals surface area contributed by atoms with Gasteiger partial charge >= 0.3 is 0 Å². The number of hydrogen-bond donors (Lipinski definition) is 0. The minimum Gasteiger partial charge on any atom is -0.292 e. The second-order valence-corrected chi connectivity index (χ2v) is 13.4. The molecule has 0 unspecified atom stereocenters. The molecule has 8 aromatic carbocycles. The van der Waals surface area contributed by atoms with Gasteiger partial charge in [0.1, 0.15) is 5.82 Å². The third-order valence-electron chi connectivity index (χ3n) is 10.2. The second-order valence-electron chi connectivity index (χ2n) is 13.4. The summed E-state index contributed by atoms with van der Waals surface area (Å²) < 4.78 is 2.27. The third kappa shape index (κ3) is 5.47. The number of fused-ring (bicyclic) bond motifs is 5. The van der Waals surface area contributed by atoms with Crippen LogP contribution in [-0.2, 0) is 0 Å². The first kappa shape index (κ1) is 30.7. The molecule has 0 fully saturated rings. The van der Waals surface area contributed by atoms with Gasteiger partial charge in [-0.1, -0.05) is 158 Å². The molecule has 3 nitrogen and oxygen atoms in total. The Bertz CT molecular complexity index is 2840. The van der Waals surface area contributed by atoms with Crippen LogP contribution in [0, 0.1) is 0 Å². The van der Waals surface area contributed by atoms with E-state index in [-0.39, 0.29) is 0 Å². The van der Waals surface area contributed by atoms with Crippen molar-refractivity contribution >= 4 is 32.7 Å². The van der Waals surface area contributed by atoms with Crippen molar-refractivity contribution < 1.29 is 0 Å². The number of imidazole rings is 1. The minimum atomic E-state index is 0.904. The minimum absolute atomic E-state index is 0.904. The molecule has 0 aliphatic rings. The van der Waals surface area contributed by atoms with Crippen LogP contribution in [0.25, 0.3) is 94.4 Å². The Morgan fingerprint density at radius 1 is 0.340 bits per heavy atom. The summed E-state index contributed by atoms with van der Waals surface area (Å²) in [6, 6.07) is 70.9. The molecule has 0 saturated heterocycles. The Balaban J connectivity index is 1.18. The summed E-state index contributed by atoms with van der Waals surface area (Å²) in [5, 5.41) is 3.31. The molecule has 3 heteroatoms. The zero-order chi connectivity index (χ0) is 35.1. The molecule has 0 N–H and O–H groups in total. The molecule has 0 aliphatic heterocycles. The summed E-state index contributed by atoms with van der Waals surface area (Å²) in [5.74, 6) is 0.904. The Hall–Kier alpha value is -7.10. The Morgan fingerprint density at radius 2 is 0.830 bits per heavy atom. The maximum absolute atomic E-state index is 5.45. The molecule has 53 heavy (non-hydrogen) atoms. The zero-order valence-electron chi connectivity index (χ0n) is 28.9. The normalized spacial score (nSPS) is 11.4. The summed E-state index contributed by atoms with van der Waals surface area (Å²) in [7, 11) is 0. The Labute approximate surface area is 308 Å². The highest BCUT2D eigenvalue weighted by Crippen LogP contribution is 2.40. The quantitative estimate of drug-likeness (QED) is 0.164. The lowest BCUT2D eigenvalue weighted by molar-refractivity contribution is 1.10. The van der Waals surface area contributed by atoms with Crippen LogP contribution in [0.4, 0.5) is 0 Å². The lowest BCUT2D eigenvalue weighted by atomic mass is 9.92. The topological polar surface area (TPSA) is 30.7 Å². The van der Waals surface area contributed by atoms with Crippen molar-refractivity contribution in [1.29, 1.82) is 0 Å². The highest BCUT2D eigenvalue weighted by molar-refractivity contribution is 6.20. The van der Waals surface area contributed by atoms with Crippen molar-refractivity contribution in [3.05, 3.63) is 200 Å². The molecular weight excluding hydrogens is 643 g/mol. The fraction of sp³-hybridized carbons (Fsp3) is 0. The standard InChI is InChI=1S/C50H33N3/c1-5-15-34(16-6-1)39-31-40(35-17-7-2-8-18-35)33-41(32-39)36-25-27-37(28-26-36)48-47-44(43-23-13-14-24-45(43)51-48)29-30-46-49(47)52-50(38-19-9-3-10-20-38)53(46)42-21-11-4-12-22-42/h1-33H. The van der Waals surface area contributed by atoms with Crippen LogP contribution in [-0.4, -0.2) is 14.5 Å². The number of aromatic nitrogens is 3. The van der Waals surface area contributed by atoms with E-state index in [9.17, 15) is 0 Å². The average Bonchev–Trinajstić information content (AvgIpc) is 3.65. The van der Waals surface area contributed by atoms with Gasteiger partial charge in [0.25, 0.3) is 0 Å². The van der Waals surface area contributed by atoms with Crippen LogP contribution >= 0.6 is 0 Å². The smallest absolute Gasteiger partial charge is 0.145 e. The number of pyridine rings is 1. The molecule has 2 aromatic heterocycles. The first-order valence-electron chi connectivity index (χ1n) is 18.0. The van der Waals surface area contributed by atoms with Crippen molar-refractivity contribution in [3.8, 4) is 61.7 Å². The number of nitrogens with zero attached hydrogens (tertiary/aromatic N) is 3. The molecule has 248 valence electrons. The number of benzene rings is 8. The lowest BCUT2D eigenvalue weighted by Gasteiger charge is -2.13. The molecule has 0 bridgehead atoms. The van der Waals surface area contributed by atoms with Crippen LogP contribution in [0.15, 0.2) is 200 Å². The monoisotopic (exact) mass is 675 g/mol. The Kier molecular flexibility index (Phi) is 7.47.